The van der Waals surface area contributed by atoms with E-state index >= 15 is 0 Å². The number of nitrogens with one attached hydrogen (secondary N) is 1. The summed E-state index contributed by atoms with van der Waals surface area (Å²) in [6.07, 6.45) is 0.909. The van der Waals surface area contributed by atoms with E-state index < -0.39 is 0 Å². The smallest absolute Gasteiger partial charge is 0.229 e. The molecule has 8 heteroatoms. The van der Waals surface area contributed by atoms with Gasteiger partial charge in [0.25, 0.3) is 0 Å². The molecular formula is C25H27N3O4S. The van der Waals surface area contributed by atoms with E-state index in [9.17, 15) is 9.59 Å². The Morgan fingerprint density at radius 1 is 1.15 bits per heavy atom. The van der Waals surface area contributed by atoms with E-state index in [1.807, 2.05) is 54.8 Å². The van der Waals surface area contributed by atoms with E-state index in [4.69, 9.17) is 9.47 Å². The van der Waals surface area contributed by atoms with Gasteiger partial charge in [-0.2, -0.15) is 0 Å². The van der Waals surface area contributed by atoms with Crippen molar-refractivity contribution in [2.45, 2.75) is 19.8 Å². The van der Waals surface area contributed by atoms with Crippen LogP contribution in [0.4, 0.5) is 5.69 Å². The molecule has 3 aromatic rings. The van der Waals surface area contributed by atoms with Gasteiger partial charge in [0, 0.05) is 36.1 Å². The summed E-state index contributed by atoms with van der Waals surface area (Å²) in [6.45, 7) is 2.96. The van der Waals surface area contributed by atoms with Crippen LogP contribution >= 0.6 is 11.3 Å². The van der Waals surface area contributed by atoms with Crippen LogP contribution in [-0.4, -0.2) is 49.0 Å². The maximum Gasteiger partial charge on any atom is 0.229 e. The highest BCUT2D eigenvalue weighted by Crippen LogP contribution is 2.28. The van der Waals surface area contributed by atoms with Crippen LogP contribution in [0.2, 0.25) is 0 Å². The molecule has 1 N–H and O–H groups in total. The SMILES string of the molecule is COc1ccc(CCN2CC(C(=O)Nc3ccc(-c4csc(C)n4)cc3)CC2=O)cc1OC. The van der Waals surface area contributed by atoms with Crippen LogP contribution in [0.25, 0.3) is 11.3 Å². The van der Waals surface area contributed by atoms with Crippen LogP contribution in [0.15, 0.2) is 47.8 Å². The fourth-order valence-corrected chi connectivity index (χ4v) is 4.55. The van der Waals surface area contributed by atoms with Gasteiger partial charge in [0.15, 0.2) is 11.5 Å². The summed E-state index contributed by atoms with van der Waals surface area (Å²) < 4.78 is 10.6. The third-order valence-corrected chi connectivity index (χ3v) is 6.54. The van der Waals surface area contributed by atoms with Crippen molar-refractivity contribution in [1.82, 2.24) is 9.88 Å². The van der Waals surface area contributed by atoms with Crippen molar-refractivity contribution in [1.29, 1.82) is 0 Å². The molecule has 0 saturated carbocycles. The normalized spacial score (nSPS) is 15.5. The number of carbonyl (C=O) groups excluding carboxylic acids is 2. The first-order valence-electron chi connectivity index (χ1n) is 10.8. The minimum Gasteiger partial charge on any atom is -0.493 e. The Labute approximate surface area is 197 Å². The van der Waals surface area contributed by atoms with Gasteiger partial charge in [-0.1, -0.05) is 18.2 Å². The van der Waals surface area contributed by atoms with Gasteiger partial charge in [-0.3, -0.25) is 9.59 Å². The number of likely N-dealkylation sites (tertiary alicyclic amines) is 1. The Bertz CT molecular complexity index is 1140. The summed E-state index contributed by atoms with van der Waals surface area (Å²) in [6, 6.07) is 13.4. The van der Waals surface area contributed by atoms with Crippen LogP contribution in [0, 0.1) is 12.8 Å². The predicted octanol–water partition coefficient (Wildman–Crippen LogP) is 4.17. The molecular weight excluding hydrogens is 438 g/mol. The average molecular weight is 466 g/mol. The number of amides is 2. The molecule has 1 fully saturated rings. The van der Waals surface area contributed by atoms with Gasteiger partial charge in [0.2, 0.25) is 11.8 Å². The van der Waals surface area contributed by atoms with Crippen molar-refractivity contribution in [2.75, 3.05) is 32.6 Å². The summed E-state index contributed by atoms with van der Waals surface area (Å²) in [5, 5.41) is 5.98. The van der Waals surface area contributed by atoms with E-state index in [-0.39, 0.29) is 24.2 Å². The predicted molar refractivity (Wildman–Crippen MR) is 129 cm³/mol. The lowest BCUT2D eigenvalue weighted by Gasteiger charge is -2.17. The van der Waals surface area contributed by atoms with Gasteiger partial charge >= 0.3 is 0 Å². The molecule has 1 aromatic heterocycles. The Morgan fingerprint density at radius 3 is 2.58 bits per heavy atom. The zero-order valence-corrected chi connectivity index (χ0v) is 19.8. The highest BCUT2D eigenvalue weighted by Gasteiger charge is 2.34. The van der Waals surface area contributed by atoms with Crippen molar-refractivity contribution < 1.29 is 19.1 Å². The number of nitrogens with zero attached hydrogens (tertiary/aromatic N) is 2. The molecule has 1 aliphatic rings. The minimum atomic E-state index is -0.358. The van der Waals surface area contributed by atoms with Gasteiger partial charge in [0.1, 0.15) is 0 Å². The van der Waals surface area contributed by atoms with Crippen LogP contribution in [0.3, 0.4) is 0 Å². The van der Waals surface area contributed by atoms with Gasteiger partial charge in [-0.15, -0.1) is 11.3 Å². The maximum absolute atomic E-state index is 12.8. The topological polar surface area (TPSA) is 80.8 Å². The Balaban J connectivity index is 1.31. The number of aryl methyl sites for hydroxylation is 1. The summed E-state index contributed by atoms with van der Waals surface area (Å²) >= 11 is 1.61. The Hall–Kier alpha value is -3.39. The minimum absolute atomic E-state index is 0.00452. The third-order valence-electron chi connectivity index (χ3n) is 5.77. The molecule has 2 amide bonds. The van der Waals surface area contributed by atoms with Crippen LogP contribution in [0.1, 0.15) is 17.0 Å². The lowest BCUT2D eigenvalue weighted by atomic mass is 10.1. The van der Waals surface area contributed by atoms with Crippen LogP contribution < -0.4 is 14.8 Å². The van der Waals surface area contributed by atoms with E-state index in [0.717, 1.165) is 21.8 Å². The van der Waals surface area contributed by atoms with Crippen LogP contribution in [-0.2, 0) is 16.0 Å². The molecule has 1 aliphatic heterocycles. The molecule has 172 valence electrons. The van der Waals surface area contributed by atoms with Gasteiger partial charge in [-0.05, 0) is 43.2 Å². The number of anilines is 1. The Morgan fingerprint density at radius 2 is 1.91 bits per heavy atom. The number of methoxy groups -OCH3 is 2. The monoisotopic (exact) mass is 465 g/mol. The summed E-state index contributed by atoms with van der Waals surface area (Å²) in [7, 11) is 3.20. The Kier molecular flexibility index (Phi) is 6.93. The molecule has 2 aromatic carbocycles. The average Bonchev–Trinajstić information content (AvgIpc) is 3.43. The zero-order chi connectivity index (χ0) is 23.4. The second-order valence-corrected chi connectivity index (χ2v) is 9.06. The number of hydrogen-bond donors (Lipinski definition) is 1. The van der Waals surface area contributed by atoms with E-state index in [1.54, 1.807) is 30.5 Å². The zero-order valence-electron chi connectivity index (χ0n) is 19.0. The standard InChI is InChI=1S/C25H27N3O4S/c1-16-26-21(15-33-16)18-5-7-20(8-6-18)27-25(30)19-13-24(29)28(14-19)11-10-17-4-9-22(31-2)23(12-17)32-3/h4-9,12,15,19H,10-11,13-14H2,1-3H3,(H,27,30). The summed E-state index contributed by atoms with van der Waals surface area (Å²) in [4.78, 5) is 31.5. The molecule has 1 atom stereocenters. The fourth-order valence-electron chi connectivity index (χ4n) is 3.93. The number of hydrogen-bond acceptors (Lipinski definition) is 6. The molecule has 1 saturated heterocycles. The summed E-state index contributed by atoms with van der Waals surface area (Å²) in [5.41, 5.74) is 3.70. The first-order valence-corrected chi connectivity index (χ1v) is 11.7. The second kappa shape index (κ2) is 10.0. The molecule has 7 nitrogen and oxygen atoms in total. The molecule has 0 aliphatic carbocycles. The maximum atomic E-state index is 12.8. The highest BCUT2D eigenvalue weighted by molar-refractivity contribution is 7.09. The first kappa shape index (κ1) is 22.8. The second-order valence-electron chi connectivity index (χ2n) is 8.00. The molecule has 0 bridgehead atoms. The number of benzene rings is 2. The molecule has 1 unspecified atom stereocenters. The highest BCUT2D eigenvalue weighted by atomic mass is 32.1. The number of rotatable bonds is 8. The fraction of sp³-hybridized carbons (Fsp3) is 0.320. The summed E-state index contributed by atoms with van der Waals surface area (Å²) in [5.74, 6) is 0.851. The van der Waals surface area contributed by atoms with E-state index in [1.165, 1.54) is 0 Å². The molecule has 33 heavy (non-hydrogen) atoms. The van der Waals surface area contributed by atoms with Crippen molar-refractivity contribution in [3.63, 3.8) is 0 Å². The van der Waals surface area contributed by atoms with Gasteiger partial charge < -0.3 is 19.7 Å². The van der Waals surface area contributed by atoms with Gasteiger partial charge in [-0.25, -0.2) is 4.98 Å². The lowest BCUT2D eigenvalue weighted by molar-refractivity contribution is -0.128. The van der Waals surface area contributed by atoms with Crippen molar-refractivity contribution in [3.05, 3.63) is 58.4 Å². The van der Waals surface area contributed by atoms with Crippen LogP contribution in [0.5, 0.6) is 11.5 Å². The molecule has 2 heterocycles. The molecule has 4 rings (SSSR count). The van der Waals surface area contributed by atoms with Crippen molar-refractivity contribution in [2.24, 2.45) is 5.92 Å². The van der Waals surface area contributed by atoms with Crippen molar-refractivity contribution >= 4 is 28.8 Å². The first-order chi connectivity index (χ1) is 16.0. The third kappa shape index (κ3) is 5.34. The number of aromatic nitrogens is 1. The lowest BCUT2D eigenvalue weighted by Crippen LogP contribution is -2.30. The molecule has 0 radical (unpaired) electrons. The number of ether oxygens (including phenoxy) is 2. The quantitative estimate of drug-likeness (QED) is 0.540. The van der Waals surface area contributed by atoms with Gasteiger partial charge in [0.05, 0.1) is 30.8 Å². The largest absolute Gasteiger partial charge is 0.493 e. The van der Waals surface area contributed by atoms with Crippen molar-refractivity contribution in [3.8, 4) is 22.8 Å². The number of carbonyl (C=O) groups is 2. The number of thiazole rings is 1. The molecule has 0 spiro atoms. The van der Waals surface area contributed by atoms with E-state index in [2.05, 4.69) is 10.3 Å². The van der Waals surface area contributed by atoms with E-state index in [0.29, 0.717) is 36.7 Å².